The molecule has 4 nitrogen and oxygen atoms in total. The highest BCUT2D eigenvalue weighted by molar-refractivity contribution is 7.90. The van der Waals surface area contributed by atoms with Crippen molar-refractivity contribution in [2.75, 3.05) is 31.8 Å². The van der Waals surface area contributed by atoms with Crippen LogP contribution in [0.3, 0.4) is 0 Å². The van der Waals surface area contributed by atoms with E-state index in [2.05, 4.69) is 0 Å². The van der Waals surface area contributed by atoms with E-state index in [-0.39, 0.29) is 18.5 Å². The maximum atomic E-state index is 10.6. The summed E-state index contributed by atoms with van der Waals surface area (Å²) in [6.45, 7) is 1.55. The van der Waals surface area contributed by atoms with E-state index in [1.165, 1.54) is 6.26 Å². The summed E-state index contributed by atoms with van der Waals surface area (Å²) >= 11 is 0. The summed E-state index contributed by atoms with van der Waals surface area (Å²) in [7, 11) is -2.87. The van der Waals surface area contributed by atoms with Crippen LogP contribution in [0.2, 0.25) is 0 Å². The molecule has 0 aliphatic carbocycles. The molecule has 0 saturated carbocycles. The Bertz CT molecular complexity index is 205. The summed E-state index contributed by atoms with van der Waals surface area (Å²) in [5.74, 6) is 0.0969. The van der Waals surface area contributed by atoms with Gasteiger partial charge in [-0.05, 0) is 0 Å². The molecule has 1 saturated heterocycles. The molecule has 0 radical (unpaired) electrons. The van der Waals surface area contributed by atoms with Crippen molar-refractivity contribution >= 4 is 9.84 Å². The molecule has 0 spiro atoms. The van der Waals surface area contributed by atoms with Gasteiger partial charge in [0.15, 0.2) is 0 Å². The van der Waals surface area contributed by atoms with Gasteiger partial charge in [-0.15, -0.1) is 0 Å². The minimum absolute atomic E-state index is 0.0969. The van der Waals surface area contributed by atoms with Crippen LogP contribution in [0.25, 0.3) is 0 Å². The maximum absolute atomic E-state index is 10.6. The molecule has 0 aromatic heterocycles. The second-order valence-corrected chi connectivity index (χ2v) is 4.92. The molecular formula is C6H12O4S. The Morgan fingerprint density at radius 1 is 1.64 bits per heavy atom. The van der Waals surface area contributed by atoms with Gasteiger partial charge in [-0.25, -0.2) is 8.42 Å². The predicted molar refractivity (Wildman–Crippen MR) is 40.3 cm³/mol. The lowest BCUT2D eigenvalue weighted by molar-refractivity contribution is 0.129. The lowest BCUT2D eigenvalue weighted by Crippen LogP contribution is -2.12. The van der Waals surface area contributed by atoms with Crippen molar-refractivity contribution < 1.29 is 17.9 Å². The van der Waals surface area contributed by atoms with Crippen molar-refractivity contribution in [1.82, 2.24) is 0 Å². The SMILES string of the molecule is CS(=O)(=O)CCOCC1CO1. The highest BCUT2D eigenvalue weighted by atomic mass is 32.2. The van der Waals surface area contributed by atoms with Crippen LogP contribution < -0.4 is 0 Å². The van der Waals surface area contributed by atoms with Crippen LogP contribution in [0.5, 0.6) is 0 Å². The first-order valence-corrected chi connectivity index (χ1v) is 5.51. The fourth-order valence-corrected chi connectivity index (χ4v) is 1.01. The summed E-state index contributed by atoms with van der Waals surface area (Å²) in [4.78, 5) is 0. The lowest BCUT2D eigenvalue weighted by atomic mass is 10.5. The molecule has 0 aromatic carbocycles. The topological polar surface area (TPSA) is 55.9 Å². The van der Waals surface area contributed by atoms with E-state index in [1.807, 2.05) is 0 Å². The van der Waals surface area contributed by atoms with Gasteiger partial charge in [0.1, 0.15) is 15.9 Å². The second-order valence-electron chi connectivity index (χ2n) is 2.66. The molecule has 1 aliphatic rings. The number of sulfone groups is 1. The van der Waals surface area contributed by atoms with Crippen molar-refractivity contribution in [1.29, 1.82) is 0 Å². The van der Waals surface area contributed by atoms with Crippen molar-refractivity contribution in [2.45, 2.75) is 6.10 Å². The standard InChI is InChI=1S/C6H12O4S/c1-11(7,8)3-2-9-4-6-5-10-6/h6H,2-5H2,1H3. The van der Waals surface area contributed by atoms with E-state index >= 15 is 0 Å². The van der Waals surface area contributed by atoms with Gasteiger partial charge in [-0.1, -0.05) is 0 Å². The molecule has 1 unspecified atom stereocenters. The number of epoxide rings is 1. The average Bonchev–Trinajstić information content (AvgIpc) is 2.60. The minimum Gasteiger partial charge on any atom is -0.378 e. The first-order chi connectivity index (χ1) is 5.08. The molecule has 1 aliphatic heterocycles. The molecule has 5 heteroatoms. The number of hydrogen-bond donors (Lipinski definition) is 0. The Labute approximate surface area is 66.4 Å². The van der Waals surface area contributed by atoms with Gasteiger partial charge in [0.25, 0.3) is 0 Å². The van der Waals surface area contributed by atoms with E-state index < -0.39 is 9.84 Å². The molecule has 0 N–H and O–H groups in total. The third-order valence-electron chi connectivity index (χ3n) is 1.30. The molecule has 0 bridgehead atoms. The van der Waals surface area contributed by atoms with Crippen LogP contribution in [-0.2, 0) is 19.3 Å². The zero-order valence-electron chi connectivity index (χ0n) is 6.45. The highest BCUT2D eigenvalue weighted by Crippen LogP contribution is 2.08. The lowest BCUT2D eigenvalue weighted by Gasteiger charge is -1.99. The molecule has 1 atom stereocenters. The second kappa shape index (κ2) is 3.51. The molecule has 66 valence electrons. The Morgan fingerprint density at radius 2 is 2.27 bits per heavy atom. The summed E-state index contributed by atoms with van der Waals surface area (Å²) in [6.07, 6.45) is 1.42. The average molecular weight is 180 g/mol. The normalized spacial score (nSPS) is 23.5. The molecule has 11 heavy (non-hydrogen) atoms. The van der Waals surface area contributed by atoms with E-state index in [4.69, 9.17) is 9.47 Å². The number of rotatable bonds is 5. The fourth-order valence-electron chi connectivity index (χ4n) is 0.589. The molecular weight excluding hydrogens is 168 g/mol. The number of hydrogen-bond acceptors (Lipinski definition) is 4. The summed E-state index contributed by atoms with van der Waals surface area (Å²) < 4.78 is 31.1. The Balaban J connectivity index is 1.95. The van der Waals surface area contributed by atoms with E-state index in [9.17, 15) is 8.42 Å². The van der Waals surface area contributed by atoms with Crippen molar-refractivity contribution in [2.24, 2.45) is 0 Å². The van der Waals surface area contributed by atoms with Crippen LogP contribution in [0, 0.1) is 0 Å². The quantitative estimate of drug-likeness (QED) is 0.420. The fraction of sp³-hybridized carbons (Fsp3) is 1.00. The number of ether oxygens (including phenoxy) is 2. The third kappa shape index (κ3) is 5.17. The third-order valence-corrected chi connectivity index (χ3v) is 2.21. The minimum atomic E-state index is -2.87. The van der Waals surface area contributed by atoms with E-state index in [0.29, 0.717) is 6.61 Å². The molecule has 1 fully saturated rings. The first kappa shape index (κ1) is 8.96. The monoisotopic (exact) mass is 180 g/mol. The molecule has 0 aromatic rings. The molecule has 1 rings (SSSR count). The summed E-state index contributed by atoms with van der Waals surface area (Å²) in [5, 5.41) is 0. The van der Waals surface area contributed by atoms with Crippen LogP contribution in [-0.4, -0.2) is 46.4 Å². The molecule has 0 amide bonds. The van der Waals surface area contributed by atoms with Crippen molar-refractivity contribution in [3.63, 3.8) is 0 Å². The maximum Gasteiger partial charge on any atom is 0.149 e. The van der Waals surface area contributed by atoms with E-state index in [1.54, 1.807) is 0 Å². The summed E-state index contributed by atoms with van der Waals surface area (Å²) in [6, 6.07) is 0. The van der Waals surface area contributed by atoms with Gasteiger partial charge in [0, 0.05) is 6.26 Å². The zero-order valence-corrected chi connectivity index (χ0v) is 7.26. The Hall–Kier alpha value is -0.130. The van der Waals surface area contributed by atoms with Crippen LogP contribution in [0.15, 0.2) is 0 Å². The first-order valence-electron chi connectivity index (χ1n) is 3.45. The van der Waals surface area contributed by atoms with Gasteiger partial charge in [0.05, 0.1) is 25.6 Å². The Morgan fingerprint density at radius 3 is 2.73 bits per heavy atom. The van der Waals surface area contributed by atoms with Gasteiger partial charge in [-0.3, -0.25) is 0 Å². The van der Waals surface area contributed by atoms with Crippen LogP contribution >= 0.6 is 0 Å². The summed E-state index contributed by atoms with van der Waals surface area (Å²) in [5.41, 5.74) is 0. The van der Waals surface area contributed by atoms with Crippen molar-refractivity contribution in [3.05, 3.63) is 0 Å². The van der Waals surface area contributed by atoms with Gasteiger partial charge >= 0.3 is 0 Å². The largest absolute Gasteiger partial charge is 0.378 e. The van der Waals surface area contributed by atoms with Crippen LogP contribution in [0.1, 0.15) is 0 Å². The predicted octanol–water partition coefficient (Wildman–Crippen LogP) is -0.554. The highest BCUT2D eigenvalue weighted by Gasteiger charge is 2.22. The van der Waals surface area contributed by atoms with Gasteiger partial charge in [0.2, 0.25) is 0 Å². The van der Waals surface area contributed by atoms with Crippen molar-refractivity contribution in [3.8, 4) is 0 Å². The van der Waals surface area contributed by atoms with Crippen LogP contribution in [0.4, 0.5) is 0 Å². The molecule has 1 heterocycles. The van der Waals surface area contributed by atoms with Gasteiger partial charge in [-0.2, -0.15) is 0 Å². The van der Waals surface area contributed by atoms with E-state index in [0.717, 1.165) is 6.61 Å². The smallest absolute Gasteiger partial charge is 0.149 e. The zero-order chi connectivity index (χ0) is 8.32. The Kier molecular flexibility index (Phi) is 2.86. The van der Waals surface area contributed by atoms with Gasteiger partial charge < -0.3 is 9.47 Å².